The van der Waals surface area contributed by atoms with Crippen LogP contribution in [0.1, 0.15) is 0 Å². The summed E-state index contributed by atoms with van der Waals surface area (Å²) in [6.45, 7) is 0. The fourth-order valence-corrected chi connectivity index (χ4v) is 4.81. The Labute approximate surface area is 178 Å². The van der Waals surface area contributed by atoms with E-state index in [0.29, 0.717) is 5.65 Å². The van der Waals surface area contributed by atoms with E-state index in [-0.39, 0.29) is 0 Å². The van der Waals surface area contributed by atoms with Crippen LogP contribution in [-0.4, -0.2) is 15.0 Å². The Balaban J connectivity index is 1.43. The lowest BCUT2D eigenvalue weighted by atomic mass is 10.1. The fourth-order valence-electron chi connectivity index (χ4n) is 3.75. The molecule has 0 N–H and O–H groups in total. The first-order valence-corrected chi connectivity index (χ1v) is 10.5. The third-order valence-corrected chi connectivity index (χ3v) is 6.30. The van der Waals surface area contributed by atoms with Crippen LogP contribution in [0.5, 0.6) is 0 Å². The molecule has 0 saturated carbocycles. The highest BCUT2D eigenvalue weighted by Crippen LogP contribution is 2.51. The van der Waals surface area contributed by atoms with Crippen LogP contribution < -0.4 is 4.90 Å². The molecule has 1 aliphatic heterocycles. The molecule has 0 radical (unpaired) electrons. The summed E-state index contributed by atoms with van der Waals surface area (Å²) >= 11 is 1.82. The van der Waals surface area contributed by atoms with Gasteiger partial charge >= 0.3 is 0 Å². The van der Waals surface area contributed by atoms with Crippen molar-refractivity contribution in [3.63, 3.8) is 0 Å². The number of aromatic nitrogens is 3. The number of rotatable bonds is 2. The lowest BCUT2D eigenvalue weighted by Gasteiger charge is -2.32. The second-order valence-electron chi connectivity index (χ2n) is 7.02. The first-order valence-electron chi connectivity index (χ1n) is 9.71. The van der Waals surface area contributed by atoms with Crippen molar-refractivity contribution >= 4 is 40.0 Å². The number of para-hydroxylation sites is 2. The van der Waals surface area contributed by atoms with E-state index in [1.54, 1.807) is 12.4 Å². The Morgan fingerprint density at radius 2 is 1.37 bits per heavy atom. The molecule has 3 heterocycles. The maximum absolute atomic E-state index is 4.67. The summed E-state index contributed by atoms with van der Waals surface area (Å²) in [7, 11) is 0. The minimum absolute atomic E-state index is 0.662. The number of fused-ring (bicyclic) bond motifs is 3. The van der Waals surface area contributed by atoms with Gasteiger partial charge in [0.05, 0.1) is 23.3 Å². The Hall–Kier alpha value is -3.70. The molecule has 0 unspecified atom stereocenters. The van der Waals surface area contributed by atoms with Crippen molar-refractivity contribution in [3.8, 4) is 11.3 Å². The van der Waals surface area contributed by atoms with Crippen molar-refractivity contribution in [1.29, 1.82) is 0 Å². The molecule has 0 spiro atoms. The highest BCUT2D eigenvalue weighted by Gasteiger charge is 2.24. The largest absolute Gasteiger partial charge is 0.308 e. The molecular weight excluding hydrogens is 388 g/mol. The monoisotopic (exact) mass is 404 g/mol. The van der Waals surface area contributed by atoms with Crippen LogP contribution in [0.25, 0.3) is 22.4 Å². The van der Waals surface area contributed by atoms with Crippen molar-refractivity contribution in [3.05, 3.63) is 97.3 Å². The molecule has 0 fully saturated rings. The van der Waals surface area contributed by atoms with Crippen molar-refractivity contribution < 1.29 is 0 Å². The molecule has 0 saturated heterocycles. The molecule has 0 amide bonds. The average molecular weight is 404 g/mol. The third-order valence-electron chi connectivity index (χ3n) is 5.17. The molecule has 2 aromatic heterocycles. The first kappa shape index (κ1) is 17.2. The summed E-state index contributed by atoms with van der Waals surface area (Å²) < 4.78 is 0. The van der Waals surface area contributed by atoms with Crippen LogP contribution in [0.3, 0.4) is 0 Å². The second-order valence-corrected chi connectivity index (χ2v) is 8.10. The summed E-state index contributed by atoms with van der Waals surface area (Å²) in [4.78, 5) is 18.3. The normalized spacial score (nSPS) is 12.5. The lowest BCUT2D eigenvalue weighted by molar-refractivity contribution is 1.16. The van der Waals surface area contributed by atoms with E-state index in [9.17, 15) is 0 Å². The summed E-state index contributed by atoms with van der Waals surface area (Å²) in [5.41, 5.74) is 6.82. The van der Waals surface area contributed by atoms with Gasteiger partial charge in [0.25, 0.3) is 0 Å². The smallest absolute Gasteiger partial charge is 0.178 e. The van der Waals surface area contributed by atoms with Crippen LogP contribution >= 0.6 is 11.8 Å². The molecule has 4 nitrogen and oxygen atoms in total. The predicted octanol–water partition coefficient (Wildman–Crippen LogP) is 6.63. The molecule has 6 rings (SSSR count). The molecule has 3 aromatic carbocycles. The SMILES string of the molecule is c1ccc2c(c1)Sc1ccccc1N2c1ccc(-c2cnc3cccnc3n2)cc1. The van der Waals surface area contributed by atoms with E-state index < -0.39 is 0 Å². The van der Waals surface area contributed by atoms with Crippen molar-refractivity contribution in [2.75, 3.05) is 4.90 Å². The number of anilines is 3. The number of hydrogen-bond donors (Lipinski definition) is 0. The molecule has 0 bridgehead atoms. The van der Waals surface area contributed by atoms with Crippen LogP contribution in [0.4, 0.5) is 17.1 Å². The van der Waals surface area contributed by atoms with Gasteiger partial charge in [-0.2, -0.15) is 0 Å². The van der Waals surface area contributed by atoms with E-state index in [1.807, 2.05) is 23.9 Å². The standard InChI is InChI=1S/C25H16N4S/c1-3-9-23-21(7-1)29(22-8-2-4-10-24(22)30-23)18-13-11-17(12-14-18)20-16-27-19-6-5-15-26-25(19)28-20/h1-16H. The maximum atomic E-state index is 4.67. The molecule has 142 valence electrons. The van der Waals surface area contributed by atoms with Crippen LogP contribution in [0.2, 0.25) is 0 Å². The Morgan fingerprint density at radius 3 is 2.10 bits per heavy atom. The van der Waals surface area contributed by atoms with E-state index in [1.165, 1.54) is 21.2 Å². The van der Waals surface area contributed by atoms with E-state index in [2.05, 4.69) is 92.6 Å². The van der Waals surface area contributed by atoms with Crippen molar-refractivity contribution in [2.45, 2.75) is 9.79 Å². The zero-order valence-electron chi connectivity index (χ0n) is 15.9. The molecule has 30 heavy (non-hydrogen) atoms. The highest BCUT2D eigenvalue weighted by molar-refractivity contribution is 7.99. The van der Waals surface area contributed by atoms with Gasteiger partial charge < -0.3 is 4.90 Å². The summed E-state index contributed by atoms with van der Waals surface area (Å²) in [5.74, 6) is 0. The van der Waals surface area contributed by atoms with Crippen molar-refractivity contribution in [1.82, 2.24) is 15.0 Å². The van der Waals surface area contributed by atoms with Gasteiger partial charge in [0.2, 0.25) is 0 Å². The van der Waals surface area contributed by atoms with Gasteiger partial charge in [0, 0.05) is 27.2 Å². The maximum Gasteiger partial charge on any atom is 0.178 e. The van der Waals surface area contributed by atoms with Crippen LogP contribution in [0.15, 0.2) is 107 Å². The quantitative estimate of drug-likeness (QED) is 0.324. The van der Waals surface area contributed by atoms with E-state index >= 15 is 0 Å². The molecule has 0 aliphatic carbocycles. The van der Waals surface area contributed by atoms with Gasteiger partial charge in [-0.3, -0.25) is 4.98 Å². The van der Waals surface area contributed by atoms with Gasteiger partial charge in [0.1, 0.15) is 5.52 Å². The second kappa shape index (κ2) is 6.97. The number of hydrogen-bond acceptors (Lipinski definition) is 5. The lowest BCUT2D eigenvalue weighted by Crippen LogP contribution is -2.14. The third kappa shape index (κ3) is 2.83. The minimum Gasteiger partial charge on any atom is -0.308 e. The van der Waals surface area contributed by atoms with Crippen LogP contribution in [-0.2, 0) is 0 Å². The van der Waals surface area contributed by atoms with Gasteiger partial charge in [-0.1, -0.05) is 48.2 Å². The molecular formula is C25H16N4S. The summed E-state index contributed by atoms with van der Waals surface area (Å²) in [5, 5.41) is 0. The van der Waals surface area contributed by atoms with Crippen LogP contribution in [0, 0.1) is 0 Å². The molecule has 5 heteroatoms. The number of pyridine rings is 1. The number of nitrogens with zero attached hydrogens (tertiary/aromatic N) is 4. The topological polar surface area (TPSA) is 41.9 Å². The van der Waals surface area contributed by atoms with Crippen molar-refractivity contribution in [2.24, 2.45) is 0 Å². The fraction of sp³-hybridized carbons (Fsp3) is 0. The van der Waals surface area contributed by atoms with E-state index in [4.69, 9.17) is 0 Å². The highest BCUT2D eigenvalue weighted by atomic mass is 32.2. The zero-order valence-corrected chi connectivity index (χ0v) is 16.8. The first-order chi connectivity index (χ1) is 14.9. The molecule has 0 atom stereocenters. The molecule has 5 aromatic rings. The Kier molecular flexibility index (Phi) is 3.99. The predicted molar refractivity (Wildman–Crippen MR) is 122 cm³/mol. The van der Waals surface area contributed by atoms with Gasteiger partial charge in [-0.15, -0.1) is 0 Å². The average Bonchev–Trinajstić information content (AvgIpc) is 2.82. The van der Waals surface area contributed by atoms with Gasteiger partial charge in [-0.05, 0) is 48.5 Å². The summed E-state index contributed by atoms with van der Waals surface area (Å²) in [6.07, 6.45) is 3.55. The van der Waals surface area contributed by atoms with Gasteiger partial charge in [-0.25, -0.2) is 9.97 Å². The minimum atomic E-state index is 0.662. The van der Waals surface area contributed by atoms with Gasteiger partial charge in [0.15, 0.2) is 5.65 Å². The molecule has 1 aliphatic rings. The number of benzene rings is 3. The Bertz CT molecular complexity index is 1340. The van der Waals surface area contributed by atoms with E-state index in [0.717, 1.165) is 22.5 Å². The Morgan fingerprint density at radius 1 is 0.667 bits per heavy atom. The summed E-state index contributed by atoms with van der Waals surface area (Å²) in [6, 6.07) is 29.3. The zero-order chi connectivity index (χ0) is 19.9.